The fraction of sp³-hybridized carbons (Fsp3) is 0.385. The fourth-order valence-electron chi connectivity index (χ4n) is 2.07. The number of allylic oxidation sites excluding steroid dienone is 1. The molecular weight excluding hydrogens is 264 g/mol. The molecule has 0 saturated carbocycles. The van der Waals surface area contributed by atoms with E-state index in [0.29, 0.717) is 11.4 Å². The van der Waals surface area contributed by atoms with Crippen LogP contribution in [-0.4, -0.2) is 21.6 Å². The molecule has 0 amide bonds. The Morgan fingerprint density at radius 1 is 1.37 bits per heavy atom. The van der Waals surface area contributed by atoms with E-state index in [1.165, 1.54) is 19.2 Å². The van der Waals surface area contributed by atoms with Crippen molar-refractivity contribution >= 4 is 15.7 Å². The van der Waals surface area contributed by atoms with E-state index in [4.69, 9.17) is 10.5 Å². The van der Waals surface area contributed by atoms with Crippen LogP contribution in [0.3, 0.4) is 0 Å². The van der Waals surface area contributed by atoms with Crippen LogP contribution in [0.5, 0.6) is 5.75 Å². The molecule has 6 heteroatoms. The van der Waals surface area contributed by atoms with Crippen LogP contribution in [0, 0.1) is 0 Å². The molecule has 0 radical (unpaired) electrons. The minimum Gasteiger partial charge on any atom is -0.495 e. The average Bonchev–Trinajstić information content (AvgIpc) is 2.39. The first-order chi connectivity index (χ1) is 9.03. The Morgan fingerprint density at radius 2 is 2.16 bits per heavy atom. The third-order valence-corrected chi connectivity index (χ3v) is 4.62. The fourth-order valence-corrected chi connectivity index (χ4v) is 3.39. The Kier molecular flexibility index (Phi) is 4.11. The Bertz CT molecular complexity index is 582. The summed E-state index contributed by atoms with van der Waals surface area (Å²) in [7, 11) is -2.03. The van der Waals surface area contributed by atoms with Gasteiger partial charge in [-0.25, -0.2) is 13.1 Å². The number of methoxy groups -OCH3 is 1. The van der Waals surface area contributed by atoms with Crippen molar-refractivity contribution in [3.05, 3.63) is 30.4 Å². The van der Waals surface area contributed by atoms with E-state index in [1.54, 1.807) is 6.07 Å². The van der Waals surface area contributed by atoms with Gasteiger partial charge >= 0.3 is 0 Å². The second-order valence-electron chi connectivity index (χ2n) is 4.51. The van der Waals surface area contributed by atoms with E-state index in [0.717, 1.165) is 19.3 Å². The van der Waals surface area contributed by atoms with Crippen LogP contribution in [0.2, 0.25) is 0 Å². The highest BCUT2D eigenvalue weighted by Crippen LogP contribution is 2.25. The summed E-state index contributed by atoms with van der Waals surface area (Å²) in [6.45, 7) is 0. The van der Waals surface area contributed by atoms with Crippen molar-refractivity contribution in [2.45, 2.75) is 30.2 Å². The van der Waals surface area contributed by atoms with Crippen molar-refractivity contribution in [1.82, 2.24) is 4.72 Å². The molecule has 1 aliphatic rings. The molecule has 0 saturated heterocycles. The summed E-state index contributed by atoms with van der Waals surface area (Å²) in [6, 6.07) is 4.43. The molecule has 19 heavy (non-hydrogen) atoms. The highest BCUT2D eigenvalue weighted by atomic mass is 32.2. The maximum atomic E-state index is 12.2. The molecule has 1 aromatic rings. The molecule has 2 rings (SSSR count). The minimum absolute atomic E-state index is 0.0432. The normalized spacial score (nSPS) is 19.3. The number of rotatable bonds is 4. The molecule has 3 N–H and O–H groups in total. The van der Waals surface area contributed by atoms with Gasteiger partial charge in [0.25, 0.3) is 0 Å². The van der Waals surface area contributed by atoms with Gasteiger partial charge in [-0.3, -0.25) is 0 Å². The highest BCUT2D eigenvalue weighted by Gasteiger charge is 2.21. The molecule has 5 nitrogen and oxygen atoms in total. The first-order valence-electron chi connectivity index (χ1n) is 6.14. The summed E-state index contributed by atoms with van der Waals surface area (Å²) in [5, 5.41) is 0. The second kappa shape index (κ2) is 5.63. The van der Waals surface area contributed by atoms with Gasteiger partial charge < -0.3 is 10.5 Å². The number of nitrogens with two attached hydrogens (primary N) is 1. The largest absolute Gasteiger partial charge is 0.495 e. The number of anilines is 1. The number of hydrogen-bond donors (Lipinski definition) is 2. The summed E-state index contributed by atoms with van der Waals surface area (Å²) >= 11 is 0. The van der Waals surface area contributed by atoms with Crippen molar-refractivity contribution in [3.63, 3.8) is 0 Å². The Labute approximate surface area is 113 Å². The van der Waals surface area contributed by atoms with Crippen molar-refractivity contribution in [2.75, 3.05) is 12.8 Å². The molecule has 0 aliphatic heterocycles. The van der Waals surface area contributed by atoms with E-state index in [-0.39, 0.29) is 10.9 Å². The summed E-state index contributed by atoms with van der Waals surface area (Å²) in [5.74, 6) is 0.472. The molecule has 0 spiro atoms. The smallest absolute Gasteiger partial charge is 0.240 e. The number of hydrogen-bond acceptors (Lipinski definition) is 4. The van der Waals surface area contributed by atoms with Crippen molar-refractivity contribution in [3.8, 4) is 5.75 Å². The summed E-state index contributed by atoms with van der Waals surface area (Å²) in [6.07, 6.45) is 6.51. The van der Waals surface area contributed by atoms with Gasteiger partial charge in [0.15, 0.2) is 0 Å². The molecule has 1 unspecified atom stereocenters. The van der Waals surface area contributed by atoms with Crippen LogP contribution in [0.25, 0.3) is 0 Å². The van der Waals surface area contributed by atoms with Crippen LogP contribution in [-0.2, 0) is 10.0 Å². The quantitative estimate of drug-likeness (QED) is 0.650. The molecule has 0 fully saturated rings. The maximum Gasteiger partial charge on any atom is 0.240 e. The number of nitrogen functional groups attached to an aromatic ring is 1. The van der Waals surface area contributed by atoms with E-state index in [9.17, 15) is 8.42 Å². The molecule has 1 atom stereocenters. The van der Waals surface area contributed by atoms with Gasteiger partial charge in [0.1, 0.15) is 5.75 Å². The first kappa shape index (κ1) is 13.9. The van der Waals surface area contributed by atoms with E-state index >= 15 is 0 Å². The predicted octanol–water partition coefficient (Wildman–Crippen LogP) is 1.66. The van der Waals surface area contributed by atoms with E-state index in [2.05, 4.69) is 10.8 Å². The number of ether oxygens (including phenoxy) is 1. The molecule has 1 aromatic carbocycles. The van der Waals surface area contributed by atoms with Gasteiger partial charge in [-0.1, -0.05) is 12.2 Å². The van der Waals surface area contributed by atoms with Gasteiger partial charge in [-0.2, -0.15) is 0 Å². The minimum atomic E-state index is -3.53. The molecule has 104 valence electrons. The average molecular weight is 282 g/mol. The van der Waals surface area contributed by atoms with Crippen LogP contribution in [0.1, 0.15) is 19.3 Å². The lowest BCUT2D eigenvalue weighted by atomic mass is 10.0. The molecular formula is C13H18N2O3S. The lowest BCUT2D eigenvalue weighted by molar-refractivity contribution is 0.416. The summed E-state index contributed by atoms with van der Waals surface area (Å²) in [4.78, 5) is 0.167. The summed E-state index contributed by atoms with van der Waals surface area (Å²) in [5.41, 5.74) is 6.05. The van der Waals surface area contributed by atoms with Crippen molar-refractivity contribution in [1.29, 1.82) is 0 Å². The topological polar surface area (TPSA) is 81.4 Å². The predicted molar refractivity (Wildman–Crippen MR) is 74.5 cm³/mol. The second-order valence-corrected chi connectivity index (χ2v) is 6.22. The monoisotopic (exact) mass is 282 g/mol. The highest BCUT2D eigenvalue weighted by molar-refractivity contribution is 7.89. The molecule has 0 heterocycles. The number of sulfonamides is 1. The number of nitrogens with one attached hydrogen (secondary N) is 1. The van der Waals surface area contributed by atoms with Crippen molar-refractivity contribution in [2.24, 2.45) is 0 Å². The Hall–Kier alpha value is -1.53. The Balaban J connectivity index is 2.19. The lowest BCUT2D eigenvalue weighted by Gasteiger charge is -2.19. The van der Waals surface area contributed by atoms with Gasteiger partial charge in [-0.15, -0.1) is 0 Å². The standard InChI is InChI=1S/C13H18N2O3S/c1-18-13-8-7-11(9-12(13)14)19(16,17)15-10-5-3-2-4-6-10/h2-3,7-10,15H,4-6,14H2,1H3. The van der Waals surface area contributed by atoms with E-state index in [1.807, 2.05) is 6.08 Å². The molecule has 0 bridgehead atoms. The summed E-state index contributed by atoms with van der Waals surface area (Å²) < 4.78 is 32.2. The van der Waals surface area contributed by atoms with Crippen LogP contribution in [0.15, 0.2) is 35.2 Å². The van der Waals surface area contributed by atoms with Crippen LogP contribution < -0.4 is 15.2 Å². The van der Waals surface area contributed by atoms with Crippen LogP contribution >= 0.6 is 0 Å². The SMILES string of the molecule is COc1ccc(S(=O)(=O)NC2CC=CCC2)cc1N. The number of benzene rings is 1. The van der Waals surface area contributed by atoms with Gasteiger partial charge in [0, 0.05) is 6.04 Å². The van der Waals surface area contributed by atoms with Gasteiger partial charge in [-0.05, 0) is 37.5 Å². The van der Waals surface area contributed by atoms with E-state index < -0.39 is 10.0 Å². The molecule has 0 aromatic heterocycles. The lowest BCUT2D eigenvalue weighted by Crippen LogP contribution is -2.35. The zero-order chi connectivity index (χ0) is 13.9. The van der Waals surface area contributed by atoms with Gasteiger partial charge in [0.2, 0.25) is 10.0 Å². The van der Waals surface area contributed by atoms with Crippen LogP contribution in [0.4, 0.5) is 5.69 Å². The van der Waals surface area contributed by atoms with Crippen molar-refractivity contribution < 1.29 is 13.2 Å². The third kappa shape index (κ3) is 3.27. The zero-order valence-electron chi connectivity index (χ0n) is 10.8. The maximum absolute atomic E-state index is 12.2. The first-order valence-corrected chi connectivity index (χ1v) is 7.62. The van der Waals surface area contributed by atoms with Gasteiger partial charge in [0.05, 0.1) is 17.7 Å². The Morgan fingerprint density at radius 3 is 2.74 bits per heavy atom. The third-order valence-electron chi connectivity index (χ3n) is 3.10. The molecule has 1 aliphatic carbocycles. The zero-order valence-corrected chi connectivity index (χ0v) is 11.6.